The molecule has 0 radical (unpaired) electrons. The zero-order valence-electron chi connectivity index (χ0n) is 13.0. The van der Waals surface area contributed by atoms with Crippen molar-refractivity contribution < 1.29 is 10.1 Å². The maximum absolute atomic E-state index is 12.6. The van der Waals surface area contributed by atoms with Crippen molar-refractivity contribution in [3.05, 3.63) is 40.4 Å². The molecule has 2 rings (SSSR count). The molecule has 0 amide bonds. The number of hydrogen-bond acceptors (Lipinski definition) is 3. The van der Waals surface area contributed by atoms with Crippen molar-refractivity contribution in [3.8, 4) is 0 Å². The lowest BCUT2D eigenvalue weighted by molar-refractivity contribution is -0.698. The van der Waals surface area contributed by atoms with E-state index in [4.69, 9.17) is 9.72 Å². The molecule has 2 N–H and O–H groups in total. The average Bonchev–Trinajstić information content (AvgIpc) is 2.52. The van der Waals surface area contributed by atoms with Crippen LogP contribution in [-0.2, 0) is 11.3 Å². The normalized spacial score (nSPS) is 12.7. The Bertz CT molecular complexity index is 652. The Balaban J connectivity index is 2.48. The second kappa shape index (κ2) is 7.33. The molecule has 0 aliphatic rings. The van der Waals surface area contributed by atoms with E-state index < -0.39 is 0 Å². The number of aromatic nitrogens is 2. The Kier molecular flexibility index (Phi) is 5.47. The quantitative estimate of drug-likeness (QED) is 0.776. The maximum atomic E-state index is 12.6. The molecular formula is C16H24N3O2+. The van der Waals surface area contributed by atoms with E-state index in [9.17, 15) is 4.79 Å². The second-order valence-corrected chi connectivity index (χ2v) is 5.07. The fraction of sp³-hybridized carbons (Fsp3) is 0.500. The first-order chi connectivity index (χ1) is 10.2. The Hall–Kier alpha value is -1.72. The third kappa shape index (κ3) is 3.31. The number of benzene rings is 1. The number of ether oxygens (including phenoxy) is 1. The lowest BCUT2D eigenvalue weighted by atomic mass is 10.1. The summed E-state index contributed by atoms with van der Waals surface area (Å²) in [5, 5.41) is 2.89. The smallest absolute Gasteiger partial charge is 0.261 e. The van der Waals surface area contributed by atoms with Crippen LogP contribution in [0.25, 0.3) is 10.9 Å². The molecule has 5 heteroatoms. The van der Waals surface area contributed by atoms with Gasteiger partial charge in [0.15, 0.2) is 5.82 Å². The van der Waals surface area contributed by atoms with Gasteiger partial charge in [0.25, 0.3) is 5.56 Å². The highest BCUT2D eigenvalue weighted by Gasteiger charge is 2.20. The summed E-state index contributed by atoms with van der Waals surface area (Å²) >= 11 is 0. The Morgan fingerprint density at radius 1 is 1.33 bits per heavy atom. The van der Waals surface area contributed by atoms with Crippen LogP contribution < -0.4 is 10.9 Å². The lowest BCUT2D eigenvalue weighted by Gasteiger charge is -2.18. The maximum Gasteiger partial charge on any atom is 0.261 e. The zero-order chi connectivity index (χ0) is 15.2. The molecule has 21 heavy (non-hydrogen) atoms. The summed E-state index contributed by atoms with van der Waals surface area (Å²) < 4.78 is 6.89. The van der Waals surface area contributed by atoms with Crippen LogP contribution in [0.15, 0.2) is 29.1 Å². The topological polar surface area (TPSA) is 60.7 Å². The van der Waals surface area contributed by atoms with E-state index in [2.05, 4.69) is 12.2 Å². The van der Waals surface area contributed by atoms with Crippen molar-refractivity contribution in [1.29, 1.82) is 0 Å². The number of nitrogens with two attached hydrogens (primary N) is 1. The van der Waals surface area contributed by atoms with Gasteiger partial charge in [-0.15, -0.1) is 0 Å². The molecule has 2 aromatic rings. The minimum Gasteiger partial charge on any atom is -0.379 e. The van der Waals surface area contributed by atoms with Gasteiger partial charge in [-0.2, -0.15) is 0 Å². The van der Waals surface area contributed by atoms with E-state index >= 15 is 0 Å². The van der Waals surface area contributed by atoms with Gasteiger partial charge in [-0.05, 0) is 19.1 Å². The number of fused-ring (bicyclic) bond motifs is 1. The number of nitrogens with zero attached hydrogens (tertiary/aromatic N) is 2. The van der Waals surface area contributed by atoms with Crippen molar-refractivity contribution >= 4 is 10.9 Å². The van der Waals surface area contributed by atoms with E-state index in [1.807, 2.05) is 31.2 Å². The van der Waals surface area contributed by atoms with Gasteiger partial charge < -0.3 is 10.1 Å². The van der Waals surface area contributed by atoms with Crippen molar-refractivity contribution in [1.82, 2.24) is 9.55 Å². The van der Waals surface area contributed by atoms with Gasteiger partial charge in [0, 0.05) is 20.1 Å². The van der Waals surface area contributed by atoms with Crippen LogP contribution in [0, 0.1) is 0 Å². The molecule has 114 valence electrons. The highest BCUT2D eigenvalue weighted by atomic mass is 16.5. The van der Waals surface area contributed by atoms with E-state index in [0.717, 1.165) is 24.3 Å². The molecule has 0 saturated carbocycles. The summed E-state index contributed by atoms with van der Waals surface area (Å²) in [6.07, 6.45) is 0.925. The summed E-state index contributed by atoms with van der Waals surface area (Å²) in [7, 11) is 1.70. The zero-order valence-corrected chi connectivity index (χ0v) is 13.0. The molecule has 0 unspecified atom stereocenters. The van der Waals surface area contributed by atoms with E-state index in [1.54, 1.807) is 11.7 Å². The van der Waals surface area contributed by atoms with Crippen molar-refractivity contribution in [3.63, 3.8) is 0 Å². The van der Waals surface area contributed by atoms with Crippen LogP contribution in [0.1, 0.15) is 32.1 Å². The number of quaternary nitrogens is 1. The molecule has 0 saturated heterocycles. The molecule has 0 aliphatic heterocycles. The molecule has 1 atom stereocenters. The summed E-state index contributed by atoms with van der Waals surface area (Å²) in [6, 6.07) is 7.73. The number of hydrogen-bond donors (Lipinski definition) is 1. The number of rotatable bonds is 7. The van der Waals surface area contributed by atoms with Crippen molar-refractivity contribution in [2.75, 3.05) is 20.3 Å². The highest BCUT2D eigenvalue weighted by Crippen LogP contribution is 2.13. The van der Waals surface area contributed by atoms with Crippen LogP contribution >= 0.6 is 0 Å². The second-order valence-electron chi connectivity index (χ2n) is 5.07. The van der Waals surface area contributed by atoms with Crippen LogP contribution in [0.5, 0.6) is 0 Å². The van der Waals surface area contributed by atoms with Crippen LogP contribution in [-0.4, -0.2) is 29.8 Å². The van der Waals surface area contributed by atoms with E-state index in [1.165, 1.54) is 0 Å². The first-order valence-corrected chi connectivity index (χ1v) is 7.54. The first kappa shape index (κ1) is 15.7. The van der Waals surface area contributed by atoms with Crippen LogP contribution in [0.3, 0.4) is 0 Å². The fourth-order valence-electron chi connectivity index (χ4n) is 2.62. The molecule has 5 nitrogen and oxygen atoms in total. The monoisotopic (exact) mass is 290 g/mol. The van der Waals surface area contributed by atoms with E-state index in [-0.39, 0.29) is 11.6 Å². The minimum atomic E-state index is 0.0525. The summed E-state index contributed by atoms with van der Waals surface area (Å²) in [5.41, 5.74) is 0.831. The Morgan fingerprint density at radius 2 is 2.10 bits per heavy atom. The Morgan fingerprint density at radius 3 is 2.76 bits per heavy atom. The van der Waals surface area contributed by atoms with Crippen molar-refractivity contribution in [2.24, 2.45) is 0 Å². The van der Waals surface area contributed by atoms with Gasteiger partial charge in [-0.1, -0.05) is 19.1 Å². The molecule has 1 aromatic heterocycles. The van der Waals surface area contributed by atoms with Gasteiger partial charge in [-0.25, -0.2) is 4.98 Å². The third-order valence-electron chi connectivity index (χ3n) is 3.75. The number of para-hydroxylation sites is 1. The SMILES string of the molecule is CC[C@H]([NH2+]CCOC)c1nc2ccccc2c(=O)n1CC. The van der Waals surface area contributed by atoms with Crippen LogP contribution in [0.2, 0.25) is 0 Å². The summed E-state index contributed by atoms with van der Waals surface area (Å²) in [6.45, 7) is 6.31. The fourth-order valence-corrected chi connectivity index (χ4v) is 2.62. The third-order valence-corrected chi connectivity index (χ3v) is 3.75. The van der Waals surface area contributed by atoms with Gasteiger partial charge >= 0.3 is 0 Å². The minimum absolute atomic E-state index is 0.0525. The first-order valence-electron chi connectivity index (χ1n) is 7.54. The lowest BCUT2D eigenvalue weighted by Crippen LogP contribution is -2.86. The molecule has 1 heterocycles. The predicted molar refractivity (Wildman–Crippen MR) is 83.4 cm³/mol. The van der Waals surface area contributed by atoms with Gasteiger partial charge in [-0.3, -0.25) is 9.36 Å². The molecule has 0 bridgehead atoms. The molecular weight excluding hydrogens is 266 g/mol. The van der Waals surface area contributed by atoms with Gasteiger partial charge in [0.2, 0.25) is 0 Å². The average molecular weight is 290 g/mol. The molecule has 1 aromatic carbocycles. The molecule has 0 fully saturated rings. The Labute approximate surface area is 125 Å². The highest BCUT2D eigenvalue weighted by molar-refractivity contribution is 5.77. The summed E-state index contributed by atoms with van der Waals surface area (Å²) in [4.78, 5) is 17.4. The molecule has 0 aliphatic carbocycles. The molecule has 0 spiro atoms. The largest absolute Gasteiger partial charge is 0.379 e. The van der Waals surface area contributed by atoms with Crippen molar-refractivity contribution in [2.45, 2.75) is 32.9 Å². The predicted octanol–water partition coefficient (Wildman–Crippen LogP) is 1.08. The van der Waals surface area contributed by atoms with E-state index in [0.29, 0.717) is 18.5 Å². The van der Waals surface area contributed by atoms with Gasteiger partial charge in [0.05, 0.1) is 24.1 Å². The number of methoxy groups -OCH3 is 1. The summed E-state index contributed by atoms with van der Waals surface area (Å²) in [5.74, 6) is 0.861. The standard InChI is InChI=1S/C16H23N3O2/c1-4-13(17-10-11-21-3)15-18-14-9-7-6-8-12(14)16(20)19(15)5-2/h6-9,13,17H,4-5,10-11H2,1-3H3/p+1/t13-/m0/s1. The van der Waals surface area contributed by atoms with Crippen LogP contribution in [0.4, 0.5) is 0 Å². The van der Waals surface area contributed by atoms with Gasteiger partial charge in [0.1, 0.15) is 6.04 Å².